The van der Waals surface area contributed by atoms with Gasteiger partial charge in [-0.1, -0.05) is 0 Å². The van der Waals surface area contributed by atoms with Gasteiger partial charge in [-0.25, -0.2) is 13.4 Å². The lowest BCUT2D eigenvalue weighted by Gasteiger charge is -2.33. The second-order valence-electron chi connectivity index (χ2n) is 4.68. The number of anilines is 1. The molecule has 1 aromatic rings. The first-order chi connectivity index (χ1) is 9.93. The molecule has 7 nitrogen and oxygen atoms in total. The Kier molecular flexibility index (Phi) is 5.04. The van der Waals surface area contributed by atoms with Gasteiger partial charge in [0.15, 0.2) is 9.84 Å². The third-order valence-electron chi connectivity index (χ3n) is 3.05. The predicted octanol–water partition coefficient (Wildman–Crippen LogP) is 0.468. The first-order valence-corrected chi connectivity index (χ1v) is 9.68. The van der Waals surface area contributed by atoms with E-state index in [1.165, 1.54) is 29.1 Å². The van der Waals surface area contributed by atoms with Crippen LogP contribution in [0.3, 0.4) is 0 Å². The number of aromatic nitrogens is 2. The Balaban J connectivity index is 2.27. The average Bonchev–Trinajstić information content (AvgIpc) is 2.46. The van der Waals surface area contributed by atoms with E-state index in [-0.39, 0.29) is 5.69 Å². The van der Waals surface area contributed by atoms with Gasteiger partial charge in [0.1, 0.15) is 16.9 Å². The summed E-state index contributed by atoms with van der Waals surface area (Å²) in [6.45, 7) is 2.98. The first-order valence-electron chi connectivity index (χ1n) is 6.57. The summed E-state index contributed by atoms with van der Waals surface area (Å²) in [4.78, 5) is 22.1. The van der Waals surface area contributed by atoms with Crippen LogP contribution >= 0.6 is 11.8 Å². The minimum absolute atomic E-state index is 0.161. The van der Waals surface area contributed by atoms with Gasteiger partial charge in [-0.3, -0.25) is 9.78 Å². The fourth-order valence-corrected chi connectivity index (χ4v) is 4.87. The number of thioether (sulfide) groups is 1. The van der Waals surface area contributed by atoms with Crippen LogP contribution in [0.5, 0.6) is 0 Å². The molecule has 1 atom stereocenters. The molecule has 9 heteroatoms. The Hall–Kier alpha value is -1.35. The molecule has 1 saturated heterocycles. The smallest absolute Gasteiger partial charge is 0.275 e. The molecule has 1 aliphatic rings. The maximum atomic E-state index is 12.5. The van der Waals surface area contributed by atoms with Gasteiger partial charge < -0.3 is 10.2 Å². The molecule has 0 radical (unpaired) electrons. The van der Waals surface area contributed by atoms with E-state index in [1.54, 1.807) is 0 Å². The Morgan fingerprint density at radius 1 is 1.52 bits per heavy atom. The molecule has 1 unspecified atom stereocenters. The first kappa shape index (κ1) is 16.0. The zero-order chi connectivity index (χ0) is 15.5. The van der Waals surface area contributed by atoms with Crippen molar-refractivity contribution in [1.29, 1.82) is 0 Å². The fourth-order valence-electron chi connectivity index (χ4n) is 2.05. The Bertz CT molecular complexity index is 621. The monoisotopic (exact) mass is 330 g/mol. The van der Waals surface area contributed by atoms with Crippen LogP contribution in [0.15, 0.2) is 12.4 Å². The summed E-state index contributed by atoms with van der Waals surface area (Å²) < 4.78 is 23.7. The van der Waals surface area contributed by atoms with E-state index in [9.17, 15) is 13.2 Å². The summed E-state index contributed by atoms with van der Waals surface area (Å²) >= 11 is 1.54. The average molecular weight is 330 g/mol. The van der Waals surface area contributed by atoms with Crippen molar-refractivity contribution in [3.05, 3.63) is 18.1 Å². The second kappa shape index (κ2) is 6.61. The molecule has 116 valence electrons. The number of sulfone groups is 1. The van der Waals surface area contributed by atoms with Gasteiger partial charge in [0.2, 0.25) is 0 Å². The van der Waals surface area contributed by atoms with Gasteiger partial charge in [-0.05, 0) is 6.92 Å². The minimum Gasteiger partial charge on any atom is -0.369 e. The topological polar surface area (TPSA) is 92.3 Å². The highest BCUT2D eigenvalue weighted by Gasteiger charge is 2.35. The number of hydrogen-bond donors (Lipinski definition) is 1. The van der Waals surface area contributed by atoms with Gasteiger partial charge in [0, 0.05) is 30.9 Å². The van der Waals surface area contributed by atoms with Crippen molar-refractivity contribution >= 4 is 33.3 Å². The van der Waals surface area contributed by atoms with Crippen molar-refractivity contribution in [3.8, 4) is 0 Å². The standard InChI is InChI=1S/C12H18N4O3S2/c1-3-14-10-7-13-6-9(15-10)12(17)16-4-5-20-8-11(16)21(2,18)19/h6-7,11H,3-5,8H2,1-2H3,(H,14,15). The van der Waals surface area contributed by atoms with Crippen LogP contribution in [0.1, 0.15) is 17.4 Å². The number of carbonyl (C=O) groups is 1. The summed E-state index contributed by atoms with van der Waals surface area (Å²) in [5.74, 6) is 1.23. The molecule has 1 aliphatic heterocycles. The summed E-state index contributed by atoms with van der Waals surface area (Å²) in [5.41, 5.74) is 0.161. The van der Waals surface area contributed by atoms with Crippen LogP contribution < -0.4 is 5.32 Å². The summed E-state index contributed by atoms with van der Waals surface area (Å²) in [6.07, 6.45) is 4.05. The molecular weight excluding hydrogens is 312 g/mol. The lowest BCUT2D eigenvalue weighted by atomic mass is 10.3. The highest BCUT2D eigenvalue weighted by molar-refractivity contribution is 8.00. The van der Waals surface area contributed by atoms with Crippen LogP contribution in [0.2, 0.25) is 0 Å². The van der Waals surface area contributed by atoms with Crippen LogP contribution in [0.25, 0.3) is 0 Å². The zero-order valence-electron chi connectivity index (χ0n) is 11.9. The quantitative estimate of drug-likeness (QED) is 0.858. The third kappa shape index (κ3) is 3.85. The van der Waals surface area contributed by atoms with Crippen molar-refractivity contribution in [2.75, 3.05) is 36.2 Å². The molecule has 0 spiro atoms. The SMILES string of the molecule is CCNc1cncc(C(=O)N2CCSCC2S(C)(=O)=O)n1. The lowest BCUT2D eigenvalue weighted by Crippen LogP contribution is -2.50. The zero-order valence-corrected chi connectivity index (χ0v) is 13.6. The van der Waals surface area contributed by atoms with E-state index in [4.69, 9.17) is 0 Å². The van der Waals surface area contributed by atoms with Crippen molar-refractivity contribution in [3.63, 3.8) is 0 Å². The van der Waals surface area contributed by atoms with Crippen LogP contribution in [-0.2, 0) is 9.84 Å². The molecule has 2 heterocycles. The van der Waals surface area contributed by atoms with Crippen molar-refractivity contribution in [2.24, 2.45) is 0 Å². The van der Waals surface area contributed by atoms with E-state index in [2.05, 4.69) is 15.3 Å². The Morgan fingerprint density at radius 2 is 2.29 bits per heavy atom. The van der Waals surface area contributed by atoms with Gasteiger partial charge in [-0.2, -0.15) is 11.8 Å². The highest BCUT2D eigenvalue weighted by atomic mass is 32.2. The molecular formula is C12H18N4O3S2. The molecule has 1 amide bonds. The molecule has 0 aliphatic carbocycles. The van der Waals surface area contributed by atoms with E-state index < -0.39 is 21.1 Å². The van der Waals surface area contributed by atoms with Gasteiger partial charge in [0.05, 0.1) is 12.4 Å². The number of carbonyl (C=O) groups excluding carboxylic acids is 1. The molecule has 0 saturated carbocycles. The van der Waals surface area contributed by atoms with Crippen LogP contribution in [0.4, 0.5) is 5.82 Å². The van der Waals surface area contributed by atoms with Gasteiger partial charge in [-0.15, -0.1) is 0 Å². The largest absolute Gasteiger partial charge is 0.369 e. The highest BCUT2D eigenvalue weighted by Crippen LogP contribution is 2.22. The molecule has 0 aromatic carbocycles. The Labute approximate surface area is 128 Å². The summed E-state index contributed by atoms with van der Waals surface area (Å²) in [7, 11) is -3.33. The number of nitrogens with zero attached hydrogens (tertiary/aromatic N) is 3. The van der Waals surface area contributed by atoms with Crippen LogP contribution in [0, 0.1) is 0 Å². The number of amides is 1. The maximum absolute atomic E-state index is 12.5. The maximum Gasteiger partial charge on any atom is 0.275 e. The Morgan fingerprint density at radius 3 is 2.95 bits per heavy atom. The normalized spacial score (nSPS) is 19.3. The molecule has 1 fully saturated rings. The molecule has 2 rings (SSSR count). The molecule has 0 bridgehead atoms. The second-order valence-corrected chi connectivity index (χ2v) is 8.03. The van der Waals surface area contributed by atoms with Gasteiger partial charge >= 0.3 is 0 Å². The molecule has 21 heavy (non-hydrogen) atoms. The number of nitrogens with one attached hydrogen (secondary N) is 1. The van der Waals surface area contributed by atoms with Crippen molar-refractivity contribution in [2.45, 2.75) is 12.3 Å². The molecule has 1 aromatic heterocycles. The summed E-state index contributed by atoms with van der Waals surface area (Å²) in [5, 5.41) is 2.18. The van der Waals surface area contributed by atoms with E-state index in [0.29, 0.717) is 24.7 Å². The number of hydrogen-bond acceptors (Lipinski definition) is 7. The van der Waals surface area contributed by atoms with E-state index in [0.717, 1.165) is 12.0 Å². The van der Waals surface area contributed by atoms with Gasteiger partial charge in [0.25, 0.3) is 5.91 Å². The predicted molar refractivity (Wildman–Crippen MR) is 83.2 cm³/mol. The number of rotatable bonds is 4. The summed E-state index contributed by atoms with van der Waals surface area (Å²) in [6, 6.07) is 0. The fraction of sp³-hybridized carbons (Fsp3) is 0.583. The molecule has 1 N–H and O–H groups in total. The minimum atomic E-state index is -3.33. The third-order valence-corrected chi connectivity index (χ3v) is 5.69. The van der Waals surface area contributed by atoms with Crippen molar-refractivity contribution in [1.82, 2.24) is 14.9 Å². The van der Waals surface area contributed by atoms with E-state index >= 15 is 0 Å². The van der Waals surface area contributed by atoms with Crippen molar-refractivity contribution < 1.29 is 13.2 Å². The van der Waals surface area contributed by atoms with Crippen LogP contribution in [-0.4, -0.2) is 65.4 Å². The van der Waals surface area contributed by atoms with E-state index in [1.807, 2.05) is 6.92 Å². The lowest BCUT2D eigenvalue weighted by molar-refractivity contribution is 0.0743.